The summed E-state index contributed by atoms with van der Waals surface area (Å²) < 4.78 is 0. The Labute approximate surface area is 65.3 Å². The van der Waals surface area contributed by atoms with E-state index in [2.05, 4.69) is 26.8 Å². The maximum Gasteiger partial charge on any atom is -0.0316 e. The van der Waals surface area contributed by atoms with Crippen LogP contribution in [0.2, 0.25) is 0 Å². The Bertz CT molecular complexity index is 80.0. The van der Waals surface area contributed by atoms with Crippen molar-refractivity contribution in [3.05, 3.63) is 19.1 Å². The molecule has 0 amide bonds. The van der Waals surface area contributed by atoms with E-state index in [0.29, 0.717) is 0 Å². The highest BCUT2D eigenvalue weighted by molar-refractivity contribution is 4.83. The molecule has 59 valence electrons. The van der Waals surface area contributed by atoms with Gasteiger partial charge in [0.25, 0.3) is 0 Å². The minimum atomic E-state index is 0.865. The molecule has 0 heteroatoms. The standard InChI is InChI=1S/C10H19/c1-4-5-6-7-8-9-10(2)3/h4-5,10H,1,6-9H2,2-3H3. The zero-order valence-corrected chi connectivity index (χ0v) is 7.27. The summed E-state index contributed by atoms with van der Waals surface area (Å²) in [4.78, 5) is 0. The van der Waals surface area contributed by atoms with Gasteiger partial charge in [-0.25, -0.2) is 0 Å². The van der Waals surface area contributed by atoms with Crippen LogP contribution < -0.4 is 0 Å². The lowest BCUT2D eigenvalue weighted by molar-refractivity contribution is 0.540. The molecule has 0 spiro atoms. The zero-order valence-electron chi connectivity index (χ0n) is 7.27. The van der Waals surface area contributed by atoms with Gasteiger partial charge in [-0.05, 0) is 25.7 Å². The van der Waals surface area contributed by atoms with Crippen molar-refractivity contribution in [2.75, 3.05) is 0 Å². The van der Waals surface area contributed by atoms with E-state index < -0.39 is 0 Å². The molecule has 10 heavy (non-hydrogen) atoms. The van der Waals surface area contributed by atoms with Gasteiger partial charge in [0.2, 0.25) is 0 Å². The quantitative estimate of drug-likeness (QED) is 0.510. The van der Waals surface area contributed by atoms with E-state index >= 15 is 0 Å². The molecule has 0 aliphatic rings. The van der Waals surface area contributed by atoms with Gasteiger partial charge in [-0.3, -0.25) is 0 Å². The van der Waals surface area contributed by atoms with E-state index in [1.165, 1.54) is 25.7 Å². The van der Waals surface area contributed by atoms with Gasteiger partial charge in [-0.2, -0.15) is 0 Å². The minimum Gasteiger partial charge on any atom is -0.0885 e. The molecular formula is C10H19. The average Bonchev–Trinajstić information content (AvgIpc) is 1.87. The van der Waals surface area contributed by atoms with Gasteiger partial charge >= 0.3 is 0 Å². The van der Waals surface area contributed by atoms with Gasteiger partial charge in [0, 0.05) is 0 Å². The SMILES string of the molecule is [CH2]C=CCCCCC(C)C. The third kappa shape index (κ3) is 7.74. The number of allylic oxidation sites excluding steroid dienone is 2. The van der Waals surface area contributed by atoms with Gasteiger partial charge in [-0.15, -0.1) is 0 Å². The number of hydrogen-bond acceptors (Lipinski definition) is 0. The van der Waals surface area contributed by atoms with E-state index in [-0.39, 0.29) is 0 Å². The van der Waals surface area contributed by atoms with Crippen molar-refractivity contribution >= 4 is 0 Å². The van der Waals surface area contributed by atoms with Crippen LogP contribution in [-0.4, -0.2) is 0 Å². The molecule has 0 aromatic heterocycles. The lowest BCUT2D eigenvalue weighted by Gasteiger charge is -2.01. The fraction of sp³-hybridized carbons (Fsp3) is 0.700. The summed E-state index contributed by atoms with van der Waals surface area (Å²) >= 11 is 0. The highest BCUT2D eigenvalue weighted by atomic mass is 14.0. The van der Waals surface area contributed by atoms with E-state index in [9.17, 15) is 0 Å². The van der Waals surface area contributed by atoms with Crippen molar-refractivity contribution in [3.8, 4) is 0 Å². The van der Waals surface area contributed by atoms with E-state index in [1.54, 1.807) is 0 Å². The maximum atomic E-state index is 3.64. The Morgan fingerprint density at radius 3 is 2.50 bits per heavy atom. The minimum absolute atomic E-state index is 0.865. The Morgan fingerprint density at radius 2 is 2.00 bits per heavy atom. The Kier molecular flexibility index (Phi) is 6.68. The number of unbranched alkanes of at least 4 members (excludes halogenated alkanes) is 2. The molecule has 0 aromatic rings. The molecule has 0 nitrogen and oxygen atoms in total. The predicted molar refractivity (Wildman–Crippen MR) is 47.8 cm³/mol. The molecule has 0 unspecified atom stereocenters. The number of hydrogen-bond donors (Lipinski definition) is 0. The molecule has 0 saturated heterocycles. The summed E-state index contributed by atoms with van der Waals surface area (Å²) in [7, 11) is 0. The number of rotatable bonds is 5. The molecule has 0 fully saturated rings. The second kappa shape index (κ2) is 6.85. The van der Waals surface area contributed by atoms with Crippen molar-refractivity contribution < 1.29 is 0 Å². The molecule has 0 N–H and O–H groups in total. The molecule has 0 rings (SSSR count). The van der Waals surface area contributed by atoms with Crippen LogP contribution >= 0.6 is 0 Å². The molecule has 0 bridgehead atoms. The second-order valence-corrected chi connectivity index (χ2v) is 3.15. The molecule has 0 aromatic carbocycles. The third-order valence-corrected chi connectivity index (χ3v) is 1.57. The van der Waals surface area contributed by atoms with Gasteiger partial charge in [0.15, 0.2) is 0 Å². The first-order valence-corrected chi connectivity index (χ1v) is 4.21. The average molecular weight is 139 g/mol. The largest absolute Gasteiger partial charge is 0.0885 e. The van der Waals surface area contributed by atoms with Crippen LogP contribution in [0.1, 0.15) is 39.5 Å². The smallest absolute Gasteiger partial charge is 0.0316 e. The zero-order chi connectivity index (χ0) is 7.82. The first-order valence-electron chi connectivity index (χ1n) is 4.21. The van der Waals surface area contributed by atoms with Crippen molar-refractivity contribution in [1.82, 2.24) is 0 Å². The summed E-state index contributed by atoms with van der Waals surface area (Å²) in [6, 6.07) is 0. The lowest BCUT2D eigenvalue weighted by Crippen LogP contribution is -1.85. The molecule has 0 atom stereocenters. The Hall–Kier alpha value is -0.260. The third-order valence-electron chi connectivity index (χ3n) is 1.57. The fourth-order valence-electron chi connectivity index (χ4n) is 0.933. The van der Waals surface area contributed by atoms with Gasteiger partial charge in [0.1, 0.15) is 0 Å². The highest BCUT2D eigenvalue weighted by Gasteiger charge is 1.91. The van der Waals surface area contributed by atoms with Gasteiger partial charge < -0.3 is 0 Å². The Morgan fingerprint density at radius 1 is 1.30 bits per heavy atom. The van der Waals surface area contributed by atoms with Crippen LogP contribution in [0.25, 0.3) is 0 Å². The van der Waals surface area contributed by atoms with Crippen LogP contribution in [0.4, 0.5) is 0 Å². The van der Waals surface area contributed by atoms with Crippen LogP contribution in [0, 0.1) is 12.8 Å². The van der Waals surface area contributed by atoms with Gasteiger partial charge in [0.05, 0.1) is 0 Å². The Balaban J connectivity index is 2.91. The summed E-state index contributed by atoms with van der Waals surface area (Å²) in [6.45, 7) is 8.19. The summed E-state index contributed by atoms with van der Waals surface area (Å²) in [5.41, 5.74) is 0. The molecular weight excluding hydrogens is 120 g/mol. The van der Waals surface area contributed by atoms with Crippen molar-refractivity contribution in [1.29, 1.82) is 0 Å². The predicted octanol–water partition coefficient (Wildman–Crippen LogP) is 3.59. The van der Waals surface area contributed by atoms with Crippen molar-refractivity contribution in [3.63, 3.8) is 0 Å². The molecule has 0 aliphatic heterocycles. The van der Waals surface area contributed by atoms with E-state index in [1.807, 2.05) is 6.08 Å². The monoisotopic (exact) mass is 139 g/mol. The summed E-state index contributed by atoms with van der Waals surface area (Å²) in [5, 5.41) is 0. The first kappa shape index (κ1) is 9.74. The van der Waals surface area contributed by atoms with Crippen LogP contribution in [0.3, 0.4) is 0 Å². The van der Waals surface area contributed by atoms with Gasteiger partial charge in [-0.1, -0.05) is 38.8 Å². The van der Waals surface area contributed by atoms with Crippen LogP contribution in [-0.2, 0) is 0 Å². The lowest BCUT2D eigenvalue weighted by atomic mass is 10.1. The normalized spacial score (nSPS) is 11.6. The van der Waals surface area contributed by atoms with E-state index in [4.69, 9.17) is 0 Å². The summed E-state index contributed by atoms with van der Waals surface area (Å²) in [5.74, 6) is 0.865. The molecule has 0 aliphatic carbocycles. The topological polar surface area (TPSA) is 0 Å². The molecule has 0 saturated carbocycles. The first-order chi connectivity index (χ1) is 4.77. The van der Waals surface area contributed by atoms with Crippen molar-refractivity contribution in [2.45, 2.75) is 39.5 Å². The fourth-order valence-corrected chi connectivity index (χ4v) is 0.933. The van der Waals surface area contributed by atoms with E-state index in [0.717, 1.165) is 5.92 Å². The van der Waals surface area contributed by atoms with Crippen LogP contribution in [0.5, 0.6) is 0 Å². The van der Waals surface area contributed by atoms with Crippen molar-refractivity contribution in [2.24, 2.45) is 5.92 Å². The summed E-state index contributed by atoms with van der Waals surface area (Å²) in [6.07, 6.45) is 9.28. The second-order valence-electron chi connectivity index (χ2n) is 3.15. The highest BCUT2D eigenvalue weighted by Crippen LogP contribution is 2.07. The molecule has 1 radical (unpaired) electrons. The molecule has 0 heterocycles. The maximum absolute atomic E-state index is 3.64. The van der Waals surface area contributed by atoms with Crippen LogP contribution in [0.15, 0.2) is 12.2 Å².